The summed E-state index contributed by atoms with van der Waals surface area (Å²) in [4.78, 5) is 4.73. The molecule has 22 heavy (non-hydrogen) atoms. The van der Waals surface area contributed by atoms with Crippen LogP contribution in [0.25, 0.3) is 21.7 Å². The van der Waals surface area contributed by atoms with Crippen LogP contribution in [-0.4, -0.2) is 4.98 Å². The molecular weight excluding hydrogens is 383 g/mol. The molecule has 2 nitrogen and oxygen atoms in total. The minimum absolute atomic E-state index is 0. The molecule has 0 spiro atoms. The lowest BCUT2D eigenvalue weighted by molar-refractivity contribution is -0.687. The highest BCUT2D eigenvalue weighted by Crippen LogP contribution is 2.12. The summed E-state index contributed by atoms with van der Waals surface area (Å²) in [5.74, 6) is 0. The number of pyridine rings is 2. The number of para-hydroxylation sites is 1. The van der Waals surface area contributed by atoms with Gasteiger partial charge in [0.1, 0.15) is 5.69 Å². The molecule has 0 aliphatic rings. The molecule has 0 saturated heterocycles. The Balaban J connectivity index is 0.00000144. The summed E-state index contributed by atoms with van der Waals surface area (Å²) in [6.45, 7) is 0.787. The molecule has 4 aromatic rings. The Kier molecular flexibility index (Phi) is 4.34. The molecule has 0 amide bonds. The molecule has 2 heterocycles. The summed E-state index contributed by atoms with van der Waals surface area (Å²) in [5, 5.41) is 3.70. The van der Waals surface area contributed by atoms with Crippen molar-refractivity contribution in [1.82, 2.24) is 4.98 Å². The zero-order valence-electron chi connectivity index (χ0n) is 12.0. The van der Waals surface area contributed by atoms with Crippen LogP contribution >= 0.6 is 0 Å². The Hall–Kier alpha value is -2.01. The van der Waals surface area contributed by atoms with Gasteiger partial charge in [0.15, 0.2) is 18.9 Å². The number of hydrogen-bond donors (Lipinski definition) is 0. The second-order valence-corrected chi connectivity index (χ2v) is 5.24. The molecule has 0 atom stereocenters. The van der Waals surface area contributed by atoms with Gasteiger partial charge in [-0.3, -0.25) is 0 Å². The van der Waals surface area contributed by atoms with Gasteiger partial charge < -0.3 is 24.0 Å². The van der Waals surface area contributed by atoms with E-state index in [4.69, 9.17) is 4.98 Å². The van der Waals surface area contributed by atoms with Crippen LogP contribution in [0.4, 0.5) is 0 Å². The molecular formula is C19H15IN2. The van der Waals surface area contributed by atoms with E-state index in [0.717, 1.165) is 17.8 Å². The van der Waals surface area contributed by atoms with Crippen LogP contribution in [0, 0.1) is 0 Å². The Morgan fingerprint density at radius 3 is 2.32 bits per heavy atom. The molecule has 0 aliphatic carbocycles. The van der Waals surface area contributed by atoms with Gasteiger partial charge >= 0.3 is 0 Å². The number of rotatable bonds is 2. The zero-order valence-corrected chi connectivity index (χ0v) is 14.1. The van der Waals surface area contributed by atoms with Crippen molar-refractivity contribution in [1.29, 1.82) is 0 Å². The molecule has 108 valence electrons. The van der Waals surface area contributed by atoms with E-state index in [1.54, 1.807) is 0 Å². The number of aromatic nitrogens is 2. The molecule has 0 N–H and O–H groups in total. The minimum Gasteiger partial charge on any atom is -1.00 e. The van der Waals surface area contributed by atoms with Crippen LogP contribution in [0.15, 0.2) is 79.1 Å². The van der Waals surface area contributed by atoms with Crippen molar-refractivity contribution in [2.45, 2.75) is 6.54 Å². The second-order valence-electron chi connectivity index (χ2n) is 5.24. The molecule has 0 aliphatic heterocycles. The number of fused-ring (bicyclic) bond motifs is 2. The van der Waals surface area contributed by atoms with Crippen LogP contribution < -0.4 is 28.5 Å². The third kappa shape index (κ3) is 2.95. The van der Waals surface area contributed by atoms with Gasteiger partial charge in [-0.1, -0.05) is 42.5 Å². The smallest absolute Gasteiger partial charge is 0.190 e. The Bertz CT molecular complexity index is 857. The maximum Gasteiger partial charge on any atom is 0.190 e. The Labute approximate surface area is 146 Å². The predicted octanol–water partition coefficient (Wildman–Crippen LogP) is 0.728. The highest BCUT2D eigenvalue weighted by atomic mass is 127. The fourth-order valence-electron chi connectivity index (χ4n) is 2.66. The lowest BCUT2D eigenvalue weighted by Crippen LogP contribution is -3.00. The van der Waals surface area contributed by atoms with Gasteiger partial charge in [-0.25, -0.2) is 4.98 Å². The van der Waals surface area contributed by atoms with E-state index in [0.29, 0.717) is 0 Å². The first-order valence-corrected chi connectivity index (χ1v) is 7.11. The van der Waals surface area contributed by atoms with E-state index >= 15 is 0 Å². The third-order valence-corrected chi connectivity index (χ3v) is 3.75. The van der Waals surface area contributed by atoms with Crippen molar-refractivity contribution in [2.24, 2.45) is 0 Å². The third-order valence-electron chi connectivity index (χ3n) is 3.75. The van der Waals surface area contributed by atoms with E-state index in [-0.39, 0.29) is 24.0 Å². The van der Waals surface area contributed by atoms with E-state index in [1.807, 2.05) is 12.1 Å². The van der Waals surface area contributed by atoms with Gasteiger partial charge in [0.05, 0.1) is 5.52 Å². The van der Waals surface area contributed by atoms with Crippen molar-refractivity contribution in [3.63, 3.8) is 0 Å². The van der Waals surface area contributed by atoms with Crippen LogP contribution in [-0.2, 0) is 6.54 Å². The summed E-state index contributed by atoms with van der Waals surface area (Å²) in [7, 11) is 0. The molecule has 3 heteroatoms. The van der Waals surface area contributed by atoms with Crippen molar-refractivity contribution < 1.29 is 28.5 Å². The topological polar surface area (TPSA) is 16.8 Å². The standard InChI is InChI=1S/C19H15N2.HI/c1-2-7-17-13-21(12-11-15(17)5-1)14-18-10-9-16-6-3-4-8-19(16)20-18;/h1-13H,14H2;1H/q+1;/p-1. The van der Waals surface area contributed by atoms with Gasteiger partial charge in [-0.2, -0.15) is 4.57 Å². The lowest BCUT2D eigenvalue weighted by Gasteiger charge is -2.01. The van der Waals surface area contributed by atoms with Crippen LogP contribution in [0.1, 0.15) is 5.69 Å². The summed E-state index contributed by atoms with van der Waals surface area (Å²) in [5.41, 5.74) is 2.13. The fraction of sp³-hybridized carbons (Fsp3) is 0.0526. The van der Waals surface area contributed by atoms with Crippen molar-refractivity contribution in [3.05, 3.63) is 84.8 Å². The summed E-state index contributed by atoms with van der Waals surface area (Å²) >= 11 is 0. The van der Waals surface area contributed by atoms with E-state index in [9.17, 15) is 0 Å². The van der Waals surface area contributed by atoms with E-state index < -0.39 is 0 Å². The zero-order chi connectivity index (χ0) is 14.1. The Morgan fingerprint density at radius 2 is 1.45 bits per heavy atom. The second kappa shape index (κ2) is 6.40. The van der Waals surface area contributed by atoms with E-state index in [2.05, 4.69) is 71.6 Å². The van der Waals surface area contributed by atoms with Gasteiger partial charge in [-0.15, -0.1) is 0 Å². The molecule has 4 rings (SSSR count). The van der Waals surface area contributed by atoms with E-state index in [1.165, 1.54) is 16.2 Å². The Morgan fingerprint density at radius 1 is 0.727 bits per heavy atom. The number of benzene rings is 2. The largest absolute Gasteiger partial charge is 1.00 e. The lowest BCUT2D eigenvalue weighted by atomic mass is 10.2. The normalized spacial score (nSPS) is 10.5. The molecule has 0 unspecified atom stereocenters. The summed E-state index contributed by atoms with van der Waals surface area (Å²) in [6.07, 6.45) is 4.28. The highest BCUT2D eigenvalue weighted by Gasteiger charge is 2.06. The average molecular weight is 398 g/mol. The number of halogens is 1. The highest BCUT2D eigenvalue weighted by molar-refractivity contribution is 5.80. The quantitative estimate of drug-likeness (QED) is 0.360. The first-order chi connectivity index (χ1) is 10.4. The maximum absolute atomic E-state index is 4.73. The first-order valence-electron chi connectivity index (χ1n) is 7.11. The van der Waals surface area contributed by atoms with Gasteiger partial charge in [0.2, 0.25) is 0 Å². The van der Waals surface area contributed by atoms with Crippen molar-refractivity contribution >= 4 is 21.7 Å². The molecule has 2 aromatic carbocycles. The number of nitrogens with zero attached hydrogens (tertiary/aromatic N) is 2. The van der Waals surface area contributed by atoms with Gasteiger partial charge in [0.25, 0.3) is 0 Å². The summed E-state index contributed by atoms with van der Waals surface area (Å²) < 4.78 is 2.18. The minimum atomic E-state index is 0. The molecule has 0 bridgehead atoms. The van der Waals surface area contributed by atoms with Crippen LogP contribution in [0.5, 0.6) is 0 Å². The first kappa shape index (κ1) is 14.9. The van der Waals surface area contributed by atoms with Crippen LogP contribution in [0.3, 0.4) is 0 Å². The molecule has 0 radical (unpaired) electrons. The molecule has 0 saturated carbocycles. The van der Waals surface area contributed by atoms with Crippen molar-refractivity contribution in [3.8, 4) is 0 Å². The SMILES string of the molecule is [I-].c1ccc2c[n+](Cc3ccc4ccccc4n3)ccc2c1. The average Bonchev–Trinajstić information content (AvgIpc) is 2.55. The van der Waals surface area contributed by atoms with Gasteiger partial charge in [-0.05, 0) is 23.6 Å². The van der Waals surface area contributed by atoms with Crippen LogP contribution in [0.2, 0.25) is 0 Å². The monoisotopic (exact) mass is 398 g/mol. The molecule has 0 fully saturated rings. The van der Waals surface area contributed by atoms with Crippen molar-refractivity contribution in [2.75, 3.05) is 0 Å². The fourth-order valence-corrected chi connectivity index (χ4v) is 2.66. The predicted molar refractivity (Wildman–Crippen MR) is 85.0 cm³/mol. The molecule has 2 aromatic heterocycles. The summed E-state index contributed by atoms with van der Waals surface area (Å²) in [6, 6.07) is 23.0. The number of hydrogen-bond acceptors (Lipinski definition) is 1. The maximum atomic E-state index is 4.73. The van der Waals surface area contributed by atoms with Gasteiger partial charge in [0, 0.05) is 16.8 Å².